The number of hydrogen-bond donors (Lipinski definition) is 1. The van der Waals surface area contributed by atoms with Crippen LogP contribution < -0.4 is 10.2 Å². The van der Waals surface area contributed by atoms with Crippen LogP contribution in [0.2, 0.25) is 0 Å². The minimum Gasteiger partial charge on any atom is -0.380 e. The van der Waals surface area contributed by atoms with E-state index >= 15 is 0 Å². The highest BCUT2D eigenvalue weighted by Crippen LogP contribution is 2.36. The highest BCUT2D eigenvalue weighted by Gasteiger charge is 2.32. The molecule has 2 aliphatic rings. The summed E-state index contributed by atoms with van der Waals surface area (Å²) in [5, 5.41) is 3.54. The van der Waals surface area contributed by atoms with Gasteiger partial charge in [0.15, 0.2) is 5.82 Å². The Labute approximate surface area is 103 Å². The zero-order valence-corrected chi connectivity index (χ0v) is 10.7. The molecule has 3 nitrogen and oxygen atoms in total. The summed E-state index contributed by atoms with van der Waals surface area (Å²) in [7, 11) is 0. The first-order valence-corrected chi connectivity index (χ1v) is 6.75. The molecular weight excluding hydrogens is 210 g/mol. The number of aromatic nitrogens is 1. The number of piperidine rings is 1. The average Bonchev–Trinajstić information content (AvgIpc) is 2.37. The predicted molar refractivity (Wildman–Crippen MR) is 71.6 cm³/mol. The normalized spacial score (nSPS) is 27.1. The first kappa shape index (κ1) is 10.9. The minimum atomic E-state index is 0.649. The fraction of sp³-hybridized carbons (Fsp3) is 0.643. The SMILES string of the molecule is CCC1CCN2c3ncc(C)cc3NCC2C1. The van der Waals surface area contributed by atoms with Crippen molar-refractivity contribution in [3.8, 4) is 0 Å². The van der Waals surface area contributed by atoms with Gasteiger partial charge in [0.05, 0.1) is 5.69 Å². The molecule has 0 saturated carbocycles. The summed E-state index contributed by atoms with van der Waals surface area (Å²) in [6.45, 7) is 6.67. The van der Waals surface area contributed by atoms with Crippen LogP contribution in [0.5, 0.6) is 0 Å². The Morgan fingerprint density at radius 2 is 2.41 bits per heavy atom. The van der Waals surface area contributed by atoms with Crippen LogP contribution in [0.1, 0.15) is 31.7 Å². The molecule has 1 aromatic rings. The fourth-order valence-corrected chi connectivity index (χ4v) is 3.13. The van der Waals surface area contributed by atoms with E-state index in [2.05, 4.69) is 35.1 Å². The van der Waals surface area contributed by atoms with Gasteiger partial charge in [0, 0.05) is 25.3 Å². The van der Waals surface area contributed by atoms with E-state index in [1.807, 2.05) is 6.20 Å². The number of nitrogens with one attached hydrogen (secondary N) is 1. The Hall–Kier alpha value is -1.25. The molecule has 3 heteroatoms. The van der Waals surface area contributed by atoms with E-state index in [1.54, 1.807) is 0 Å². The van der Waals surface area contributed by atoms with Gasteiger partial charge in [-0.25, -0.2) is 4.98 Å². The lowest BCUT2D eigenvalue weighted by Crippen LogP contribution is -2.49. The quantitative estimate of drug-likeness (QED) is 0.805. The topological polar surface area (TPSA) is 28.2 Å². The maximum Gasteiger partial charge on any atom is 0.152 e. The molecule has 0 amide bonds. The Morgan fingerprint density at radius 1 is 1.53 bits per heavy atom. The number of fused-ring (bicyclic) bond motifs is 3. The molecule has 92 valence electrons. The highest BCUT2D eigenvalue weighted by atomic mass is 15.3. The lowest BCUT2D eigenvalue weighted by molar-refractivity contribution is 0.334. The van der Waals surface area contributed by atoms with Crippen LogP contribution in [0.3, 0.4) is 0 Å². The van der Waals surface area contributed by atoms with Gasteiger partial charge >= 0.3 is 0 Å². The van der Waals surface area contributed by atoms with E-state index in [1.165, 1.54) is 42.9 Å². The standard InChI is InChI=1S/C14H21N3/c1-3-11-4-5-17-12(7-11)9-15-13-6-10(2)8-16-14(13)17/h6,8,11-12,15H,3-5,7,9H2,1-2H3. The van der Waals surface area contributed by atoms with Crippen molar-refractivity contribution in [2.24, 2.45) is 5.92 Å². The van der Waals surface area contributed by atoms with Crippen molar-refractivity contribution in [1.82, 2.24) is 4.98 Å². The van der Waals surface area contributed by atoms with Crippen molar-refractivity contribution < 1.29 is 0 Å². The number of anilines is 2. The van der Waals surface area contributed by atoms with Crippen molar-refractivity contribution in [1.29, 1.82) is 0 Å². The second kappa shape index (κ2) is 4.21. The monoisotopic (exact) mass is 231 g/mol. The molecule has 1 N–H and O–H groups in total. The second-order valence-corrected chi connectivity index (χ2v) is 5.41. The molecule has 1 saturated heterocycles. The van der Waals surface area contributed by atoms with Gasteiger partial charge in [-0.1, -0.05) is 13.3 Å². The third-order valence-electron chi connectivity index (χ3n) is 4.21. The molecule has 1 fully saturated rings. The minimum absolute atomic E-state index is 0.649. The molecule has 1 aromatic heterocycles. The van der Waals surface area contributed by atoms with E-state index < -0.39 is 0 Å². The van der Waals surface area contributed by atoms with Gasteiger partial charge in [-0.3, -0.25) is 0 Å². The van der Waals surface area contributed by atoms with Crippen molar-refractivity contribution in [3.05, 3.63) is 17.8 Å². The van der Waals surface area contributed by atoms with Crippen molar-refractivity contribution >= 4 is 11.5 Å². The van der Waals surface area contributed by atoms with Crippen molar-refractivity contribution in [3.63, 3.8) is 0 Å². The lowest BCUT2D eigenvalue weighted by atomic mass is 9.88. The molecule has 0 bridgehead atoms. The summed E-state index contributed by atoms with van der Waals surface area (Å²) in [6.07, 6.45) is 5.94. The Morgan fingerprint density at radius 3 is 3.24 bits per heavy atom. The number of rotatable bonds is 1. The number of aryl methyl sites for hydroxylation is 1. The van der Waals surface area contributed by atoms with E-state index in [9.17, 15) is 0 Å². The van der Waals surface area contributed by atoms with Gasteiger partial charge in [-0.15, -0.1) is 0 Å². The molecule has 2 atom stereocenters. The number of nitrogens with zero attached hydrogens (tertiary/aromatic N) is 2. The van der Waals surface area contributed by atoms with Gasteiger partial charge in [-0.05, 0) is 37.3 Å². The third kappa shape index (κ3) is 1.88. The Balaban J connectivity index is 1.87. The van der Waals surface area contributed by atoms with Crippen LogP contribution in [0.15, 0.2) is 12.3 Å². The van der Waals surface area contributed by atoms with Gasteiger partial charge < -0.3 is 10.2 Å². The third-order valence-corrected chi connectivity index (χ3v) is 4.21. The average molecular weight is 231 g/mol. The van der Waals surface area contributed by atoms with Gasteiger partial charge in [0.25, 0.3) is 0 Å². The van der Waals surface area contributed by atoms with Crippen LogP contribution in [-0.4, -0.2) is 24.1 Å². The first-order valence-electron chi connectivity index (χ1n) is 6.75. The second-order valence-electron chi connectivity index (χ2n) is 5.41. The van der Waals surface area contributed by atoms with E-state index in [4.69, 9.17) is 0 Å². The molecule has 0 aliphatic carbocycles. The molecule has 2 unspecified atom stereocenters. The summed E-state index contributed by atoms with van der Waals surface area (Å²) in [6, 6.07) is 2.86. The molecular formula is C14H21N3. The zero-order chi connectivity index (χ0) is 11.8. The highest BCUT2D eigenvalue weighted by molar-refractivity contribution is 5.69. The summed E-state index contributed by atoms with van der Waals surface area (Å²) in [5.41, 5.74) is 2.45. The van der Waals surface area contributed by atoms with Gasteiger partial charge in [-0.2, -0.15) is 0 Å². The van der Waals surface area contributed by atoms with Crippen LogP contribution in [0.25, 0.3) is 0 Å². The van der Waals surface area contributed by atoms with Crippen LogP contribution in [-0.2, 0) is 0 Å². The van der Waals surface area contributed by atoms with Crippen LogP contribution in [0, 0.1) is 12.8 Å². The molecule has 0 radical (unpaired) electrons. The molecule has 17 heavy (non-hydrogen) atoms. The van der Waals surface area contributed by atoms with Crippen LogP contribution in [0.4, 0.5) is 11.5 Å². The van der Waals surface area contributed by atoms with Crippen LogP contribution >= 0.6 is 0 Å². The number of pyridine rings is 1. The van der Waals surface area contributed by atoms with E-state index in [0.29, 0.717) is 6.04 Å². The number of hydrogen-bond acceptors (Lipinski definition) is 3. The summed E-state index contributed by atoms with van der Waals surface area (Å²) in [4.78, 5) is 7.13. The molecule has 0 spiro atoms. The maximum absolute atomic E-state index is 4.62. The largest absolute Gasteiger partial charge is 0.380 e. The smallest absolute Gasteiger partial charge is 0.152 e. The van der Waals surface area contributed by atoms with Crippen molar-refractivity contribution in [2.75, 3.05) is 23.3 Å². The zero-order valence-electron chi connectivity index (χ0n) is 10.7. The molecule has 3 rings (SSSR count). The summed E-state index contributed by atoms with van der Waals surface area (Å²) in [5.74, 6) is 2.08. The van der Waals surface area contributed by atoms with Gasteiger partial charge in [0.2, 0.25) is 0 Å². The molecule has 2 aliphatic heterocycles. The van der Waals surface area contributed by atoms with E-state index in [-0.39, 0.29) is 0 Å². The predicted octanol–water partition coefficient (Wildman–Crippen LogP) is 2.81. The lowest BCUT2D eigenvalue weighted by Gasteiger charge is -2.44. The van der Waals surface area contributed by atoms with E-state index in [0.717, 1.165) is 12.5 Å². The maximum atomic E-state index is 4.62. The first-order chi connectivity index (χ1) is 8.28. The Kier molecular flexibility index (Phi) is 2.69. The van der Waals surface area contributed by atoms with Crippen molar-refractivity contribution in [2.45, 2.75) is 39.2 Å². The molecule has 3 heterocycles. The van der Waals surface area contributed by atoms with Gasteiger partial charge in [0.1, 0.15) is 0 Å². The fourth-order valence-electron chi connectivity index (χ4n) is 3.13. The Bertz CT molecular complexity index is 416. The summed E-state index contributed by atoms with van der Waals surface area (Å²) < 4.78 is 0. The molecule has 0 aromatic carbocycles. The summed E-state index contributed by atoms with van der Waals surface area (Å²) >= 11 is 0.